The first kappa shape index (κ1) is 14.4. The lowest BCUT2D eigenvalue weighted by atomic mass is 9.83. The zero-order valence-electron chi connectivity index (χ0n) is 10.1. The Balaban J connectivity index is 0.00000144. The molecule has 1 aromatic rings. The summed E-state index contributed by atoms with van der Waals surface area (Å²) in [5.41, 5.74) is 7.04. The van der Waals surface area contributed by atoms with Crippen molar-refractivity contribution in [2.75, 3.05) is 6.79 Å². The first-order valence-electron chi connectivity index (χ1n) is 5.24. The normalized spacial score (nSPS) is 15.4. The number of hydrogen-bond acceptors (Lipinski definition) is 3. The van der Waals surface area contributed by atoms with Crippen LogP contribution in [0, 0.1) is 5.41 Å². The third-order valence-corrected chi connectivity index (χ3v) is 3.09. The van der Waals surface area contributed by atoms with E-state index >= 15 is 0 Å². The fourth-order valence-electron chi connectivity index (χ4n) is 1.64. The predicted molar refractivity (Wildman–Crippen MR) is 71.2 cm³/mol. The standard InChI is InChI=1S/C12H16ClNO2.ClH/c1-12(2,3)11(14)7-4-9-10(5-8(7)13)16-6-15-9;/h4-5,11H,6,14H2,1-3H3;1H/t11-;/m1./s1. The SMILES string of the molecule is CC(C)(C)[C@H](N)c1cc2c(cc1Cl)OCO2.Cl. The summed E-state index contributed by atoms with van der Waals surface area (Å²) in [6.07, 6.45) is 0. The molecule has 0 aromatic heterocycles. The Kier molecular flexibility index (Phi) is 4.18. The molecule has 1 aliphatic rings. The Morgan fingerprint density at radius 3 is 2.29 bits per heavy atom. The van der Waals surface area contributed by atoms with Gasteiger partial charge in [0.25, 0.3) is 0 Å². The largest absolute Gasteiger partial charge is 0.454 e. The van der Waals surface area contributed by atoms with Crippen molar-refractivity contribution in [2.45, 2.75) is 26.8 Å². The van der Waals surface area contributed by atoms with Crippen LogP contribution in [0.1, 0.15) is 32.4 Å². The monoisotopic (exact) mass is 277 g/mol. The molecule has 1 heterocycles. The summed E-state index contributed by atoms with van der Waals surface area (Å²) in [5, 5.41) is 0.631. The molecule has 0 amide bonds. The van der Waals surface area contributed by atoms with Gasteiger partial charge in [-0.2, -0.15) is 0 Å². The molecule has 0 aliphatic carbocycles. The van der Waals surface area contributed by atoms with E-state index in [9.17, 15) is 0 Å². The highest BCUT2D eigenvalue weighted by atomic mass is 35.5. The zero-order chi connectivity index (χ0) is 11.9. The number of benzene rings is 1. The average Bonchev–Trinajstić information content (AvgIpc) is 2.60. The second kappa shape index (κ2) is 4.92. The fraction of sp³-hybridized carbons (Fsp3) is 0.500. The maximum Gasteiger partial charge on any atom is 0.231 e. The molecule has 1 atom stereocenters. The topological polar surface area (TPSA) is 44.5 Å². The van der Waals surface area contributed by atoms with E-state index in [4.69, 9.17) is 26.8 Å². The van der Waals surface area contributed by atoms with Gasteiger partial charge in [-0.1, -0.05) is 32.4 Å². The van der Waals surface area contributed by atoms with Gasteiger partial charge in [0, 0.05) is 17.1 Å². The molecule has 0 fully saturated rings. The number of halogens is 2. The van der Waals surface area contributed by atoms with Crippen LogP contribution in [0.15, 0.2) is 12.1 Å². The summed E-state index contributed by atoms with van der Waals surface area (Å²) < 4.78 is 10.6. The summed E-state index contributed by atoms with van der Waals surface area (Å²) in [6, 6.07) is 3.51. The van der Waals surface area contributed by atoms with Crippen molar-refractivity contribution in [3.05, 3.63) is 22.7 Å². The van der Waals surface area contributed by atoms with Gasteiger partial charge in [-0.05, 0) is 17.0 Å². The Morgan fingerprint density at radius 1 is 1.24 bits per heavy atom. The molecule has 0 saturated carbocycles. The fourth-order valence-corrected chi connectivity index (χ4v) is 1.91. The van der Waals surface area contributed by atoms with Gasteiger partial charge < -0.3 is 15.2 Å². The van der Waals surface area contributed by atoms with E-state index in [0.29, 0.717) is 10.8 Å². The molecule has 2 rings (SSSR count). The molecule has 2 N–H and O–H groups in total. The lowest BCUT2D eigenvalue weighted by Gasteiger charge is -2.28. The summed E-state index contributed by atoms with van der Waals surface area (Å²) in [4.78, 5) is 0. The highest BCUT2D eigenvalue weighted by Crippen LogP contribution is 2.42. The number of nitrogens with two attached hydrogens (primary N) is 1. The van der Waals surface area contributed by atoms with Gasteiger partial charge in [0.05, 0.1) is 0 Å². The van der Waals surface area contributed by atoms with Crippen molar-refractivity contribution in [2.24, 2.45) is 11.1 Å². The first-order chi connectivity index (χ1) is 7.39. The summed E-state index contributed by atoms with van der Waals surface area (Å²) in [7, 11) is 0. The Labute approximate surface area is 113 Å². The molecule has 17 heavy (non-hydrogen) atoms. The summed E-state index contributed by atoms with van der Waals surface area (Å²) in [5.74, 6) is 1.41. The van der Waals surface area contributed by atoms with Crippen molar-refractivity contribution in [3.63, 3.8) is 0 Å². The van der Waals surface area contributed by atoms with Crippen LogP contribution in [0.2, 0.25) is 5.02 Å². The van der Waals surface area contributed by atoms with Crippen molar-refractivity contribution in [1.82, 2.24) is 0 Å². The lowest BCUT2D eigenvalue weighted by Crippen LogP contribution is -2.26. The van der Waals surface area contributed by atoms with Gasteiger partial charge in [-0.25, -0.2) is 0 Å². The minimum absolute atomic E-state index is 0. The van der Waals surface area contributed by atoms with Crippen LogP contribution in [0.5, 0.6) is 11.5 Å². The minimum Gasteiger partial charge on any atom is -0.454 e. The van der Waals surface area contributed by atoms with Gasteiger partial charge in [-0.15, -0.1) is 12.4 Å². The van der Waals surface area contributed by atoms with Crippen molar-refractivity contribution < 1.29 is 9.47 Å². The van der Waals surface area contributed by atoms with Crippen LogP contribution in [0.25, 0.3) is 0 Å². The van der Waals surface area contributed by atoms with Gasteiger partial charge >= 0.3 is 0 Å². The molecule has 3 nitrogen and oxygen atoms in total. The van der Waals surface area contributed by atoms with Gasteiger partial charge in [0.1, 0.15) is 0 Å². The first-order valence-corrected chi connectivity index (χ1v) is 5.62. The van der Waals surface area contributed by atoms with E-state index < -0.39 is 0 Å². The molecular weight excluding hydrogens is 261 g/mol. The molecule has 1 aliphatic heterocycles. The van der Waals surface area contributed by atoms with Gasteiger partial charge in [0.15, 0.2) is 11.5 Å². The molecule has 0 spiro atoms. The van der Waals surface area contributed by atoms with E-state index in [1.54, 1.807) is 6.07 Å². The van der Waals surface area contributed by atoms with Crippen LogP contribution < -0.4 is 15.2 Å². The van der Waals surface area contributed by atoms with Gasteiger partial charge in [-0.3, -0.25) is 0 Å². The molecule has 1 aromatic carbocycles. The second-order valence-electron chi connectivity index (χ2n) is 5.07. The van der Waals surface area contributed by atoms with Crippen LogP contribution in [0.3, 0.4) is 0 Å². The van der Waals surface area contributed by atoms with Crippen molar-refractivity contribution in [3.8, 4) is 11.5 Å². The van der Waals surface area contributed by atoms with E-state index in [2.05, 4.69) is 20.8 Å². The Bertz CT molecular complexity index is 416. The number of hydrogen-bond donors (Lipinski definition) is 1. The van der Waals surface area contributed by atoms with Crippen LogP contribution in [-0.2, 0) is 0 Å². The third kappa shape index (κ3) is 2.79. The number of rotatable bonds is 1. The van der Waals surface area contributed by atoms with Gasteiger partial charge in [0.2, 0.25) is 6.79 Å². The molecular formula is C12H17Cl2NO2. The maximum atomic E-state index is 6.19. The minimum atomic E-state index is -0.130. The molecule has 0 saturated heterocycles. The van der Waals surface area contributed by atoms with E-state index in [1.165, 1.54) is 0 Å². The highest BCUT2D eigenvalue weighted by molar-refractivity contribution is 6.31. The molecule has 5 heteroatoms. The zero-order valence-corrected chi connectivity index (χ0v) is 11.7. The average molecular weight is 278 g/mol. The maximum absolute atomic E-state index is 6.19. The molecule has 0 radical (unpaired) electrons. The van der Waals surface area contributed by atoms with Crippen LogP contribution in [-0.4, -0.2) is 6.79 Å². The van der Waals surface area contributed by atoms with Crippen molar-refractivity contribution in [1.29, 1.82) is 0 Å². The van der Waals surface area contributed by atoms with Crippen LogP contribution in [0.4, 0.5) is 0 Å². The Morgan fingerprint density at radius 2 is 1.76 bits per heavy atom. The second-order valence-corrected chi connectivity index (χ2v) is 5.48. The smallest absolute Gasteiger partial charge is 0.231 e. The number of fused-ring (bicyclic) bond motifs is 1. The van der Waals surface area contributed by atoms with Crippen LogP contribution >= 0.6 is 24.0 Å². The molecule has 0 bridgehead atoms. The van der Waals surface area contributed by atoms with E-state index in [0.717, 1.165) is 11.3 Å². The van der Waals surface area contributed by atoms with E-state index in [1.807, 2.05) is 6.07 Å². The highest BCUT2D eigenvalue weighted by Gasteiger charge is 2.27. The lowest BCUT2D eigenvalue weighted by molar-refractivity contribution is 0.174. The third-order valence-electron chi connectivity index (χ3n) is 2.76. The summed E-state index contributed by atoms with van der Waals surface area (Å²) >= 11 is 6.19. The quantitative estimate of drug-likeness (QED) is 0.854. The molecule has 96 valence electrons. The molecule has 0 unspecified atom stereocenters. The predicted octanol–water partition coefficient (Wildman–Crippen LogP) is 3.54. The Hall–Kier alpha value is -0.640. The van der Waals surface area contributed by atoms with Crippen molar-refractivity contribution >= 4 is 24.0 Å². The number of ether oxygens (including phenoxy) is 2. The van der Waals surface area contributed by atoms with E-state index in [-0.39, 0.29) is 30.7 Å². The summed E-state index contributed by atoms with van der Waals surface area (Å²) in [6.45, 7) is 6.50.